The fourth-order valence-corrected chi connectivity index (χ4v) is 2.18. The van der Waals surface area contributed by atoms with E-state index in [9.17, 15) is 9.59 Å². The number of hydrogen-bond acceptors (Lipinski definition) is 3. The lowest BCUT2D eigenvalue weighted by molar-refractivity contribution is -0.141. The van der Waals surface area contributed by atoms with Gasteiger partial charge in [0.05, 0.1) is 18.2 Å². The van der Waals surface area contributed by atoms with Gasteiger partial charge in [-0.1, -0.05) is 6.92 Å². The van der Waals surface area contributed by atoms with E-state index in [2.05, 4.69) is 18.9 Å². The molecule has 1 aromatic heterocycles. The number of amides is 1. The summed E-state index contributed by atoms with van der Waals surface area (Å²) in [6.07, 6.45) is 2.99. The minimum Gasteiger partial charge on any atom is -0.481 e. The van der Waals surface area contributed by atoms with Crippen LogP contribution in [-0.4, -0.2) is 38.2 Å². The second-order valence-corrected chi connectivity index (χ2v) is 5.06. The third-order valence-electron chi connectivity index (χ3n) is 3.62. The van der Waals surface area contributed by atoms with Crippen LogP contribution in [0.2, 0.25) is 0 Å². The normalized spacial score (nSPS) is 20.8. The van der Waals surface area contributed by atoms with E-state index in [4.69, 9.17) is 5.11 Å². The van der Waals surface area contributed by atoms with Crippen molar-refractivity contribution >= 4 is 11.9 Å². The van der Waals surface area contributed by atoms with Crippen LogP contribution in [0.1, 0.15) is 38.4 Å². The summed E-state index contributed by atoms with van der Waals surface area (Å²) in [4.78, 5) is 24.2. The SMILES string of the molecule is CCC(C)n1ccc(CN2CC(C(=O)O)CC2=O)n1. The van der Waals surface area contributed by atoms with E-state index in [-0.39, 0.29) is 18.9 Å². The standard InChI is InChI=1S/C13H19N3O3/c1-3-9(2)16-5-4-11(14-16)8-15-7-10(13(18)19)6-12(15)17/h4-5,9-10H,3,6-8H2,1-2H3,(H,18,19). The van der Waals surface area contributed by atoms with Crippen LogP contribution in [0, 0.1) is 5.92 Å². The number of nitrogens with zero attached hydrogens (tertiary/aromatic N) is 3. The van der Waals surface area contributed by atoms with Crippen LogP contribution >= 0.6 is 0 Å². The van der Waals surface area contributed by atoms with Gasteiger partial charge in [0.1, 0.15) is 0 Å². The Morgan fingerprint density at radius 2 is 2.37 bits per heavy atom. The number of hydrogen-bond donors (Lipinski definition) is 1. The van der Waals surface area contributed by atoms with Crippen LogP contribution in [0.5, 0.6) is 0 Å². The van der Waals surface area contributed by atoms with Crippen LogP contribution in [0.15, 0.2) is 12.3 Å². The molecule has 6 nitrogen and oxygen atoms in total. The van der Waals surface area contributed by atoms with Gasteiger partial charge < -0.3 is 10.0 Å². The fourth-order valence-electron chi connectivity index (χ4n) is 2.18. The lowest BCUT2D eigenvalue weighted by atomic mass is 10.1. The van der Waals surface area contributed by atoms with Gasteiger partial charge in [0, 0.05) is 25.2 Å². The number of aromatic nitrogens is 2. The number of carboxylic acids is 1. The zero-order valence-electron chi connectivity index (χ0n) is 11.2. The summed E-state index contributed by atoms with van der Waals surface area (Å²) < 4.78 is 1.88. The maximum absolute atomic E-state index is 11.7. The van der Waals surface area contributed by atoms with Crippen molar-refractivity contribution in [1.82, 2.24) is 14.7 Å². The van der Waals surface area contributed by atoms with Crippen molar-refractivity contribution in [3.05, 3.63) is 18.0 Å². The molecule has 0 aromatic carbocycles. The number of carboxylic acid groups (broad SMARTS) is 1. The van der Waals surface area contributed by atoms with E-state index < -0.39 is 11.9 Å². The van der Waals surface area contributed by atoms with Gasteiger partial charge in [-0.3, -0.25) is 14.3 Å². The summed E-state index contributed by atoms with van der Waals surface area (Å²) >= 11 is 0. The molecule has 0 spiro atoms. The number of carbonyl (C=O) groups is 2. The van der Waals surface area contributed by atoms with Crippen molar-refractivity contribution in [1.29, 1.82) is 0 Å². The Morgan fingerprint density at radius 1 is 1.63 bits per heavy atom. The first-order chi connectivity index (χ1) is 9.01. The second kappa shape index (κ2) is 5.42. The Balaban J connectivity index is 2.00. The van der Waals surface area contributed by atoms with Crippen LogP contribution in [0.4, 0.5) is 0 Å². The highest BCUT2D eigenvalue weighted by Crippen LogP contribution is 2.20. The van der Waals surface area contributed by atoms with Crippen LogP contribution in [0.25, 0.3) is 0 Å². The Bertz CT molecular complexity index is 483. The molecule has 1 aliphatic heterocycles. The summed E-state index contributed by atoms with van der Waals surface area (Å²) in [5, 5.41) is 13.3. The highest BCUT2D eigenvalue weighted by Gasteiger charge is 2.34. The molecule has 1 aliphatic rings. The number of likely N-dealkylation sites (tertiary alicyclic amines) is 1. The maximum Gasteiger partial charge on any atom is 0.308 e. The minimum atomic E-state index is -0.902. The maximum atomic E-state index is 11.7. The third-order valence-corrected chi connectivity index (χ3v) is 3.62. The largest absolute Gasteiger partial charge is 0.481 e. The molecule has 2 unspecified atom stereocenters. The molecule has 6 heteroatoms. The number of carbonyl (C=O) groups excluding carboxylic acids is 1. The van der Waals surface area contributed by atoms with Crippen LogP contribution < -0.4 is 0 Å². The third kappa shape index (κ3) is 2.94. The van der Waals surface area contributed by atoms with Gasteiger partial charge in [0.2, 0.25) is 5.91 Å². The van der Waals surface area contributed by atoms with E-state index in [1.807, 2.05) is 16.9 Å². The summed E-state index contributed by atoms with van der Waals surface area (Å²) in [6.45, 7) is 4.85. The van der Waals surface area contributed by atoms with Crippen molar-refractivity contribution in [3.63, 3.8) is 0 Å². The highest BCUT2D eigenvalue weighted by atomic mass is 16.4. The fraction of sp³-hybridized carbons (Fsp3) is 0.615. The Morgan fingerprint density at radius 3 is 2.95 bits per heavy atom. The Kier molecular flexibility index (Phi) is 3.87. The quantitative estimate of drug-likeness (QED) is 0.870. The van der Waals surface area contributed by atoms with Gasteiger partial charge in [-0.05, 0) is 19.4 Å². The van der Waals surface area contributed by atoms with Gasteiger partial charge in [-0.25, -0.2) is 0 Å². The predicted molar refractivity (Wildman–Crippen MR) is 68.4 cm³/mol. The second-order valence-electron chi connectivity index (χ2n) is 5.06. The van der Waals surface area contributed by atoms with Gasteiger partial charge in [-0.2, -0.15) is 5.10 Å². The molecule has 0 radical (unpaired) electrons. The molecule has 1 N–H and O–H groups in total. The minimum absolute atomic E-state index is 0.0986. The first-order valence-corrected chi connectivity index (χ1v) is 6.55. The molecule has 2 atom stereocenters. The molecule has 0 saturated carbocycles. The lowest BCUT2D eigenvalue weighted by Crippen LogP contribution is -2.26. The molecule has 1 saturated heterocycles. The van der Waals surface area contributed by atoms with E-state index in [0.717, 1.165) is 12.1 Å². The zero-order chi connectivity index (χ0) is 14.0. The first kappa shape index (κ1) is 13.6. The van der Waals surface area contributed by atoms with Crippen LogP contribution in [0.3, 0.4) is 0 Å². The zero-order valence-corrected chi connectivity index (χ0v) is 11.2. The van der Waals surface area contributed by atoms with Gasteiger partial charge >= 0.3 is 5.97 Å². The summed E-state index contributed by atoms with van der Waals surface area (Å²) in [7, 11) is 0. The molecule has 19 heavy (non-hydrogen) atoms. The van der Waals surface area contributed by atoms with Crippen molar-refractivity contribution in [2.45, 2.75) is 39.3 Å². The van der Waals surface area contributed by atoms with Crippen molar-refractivity contribution in [2.75, 3.05) is 6.54 Å². The van der Waals surface area contributed by atoms with Gasteiger partial charge in [0.15, 0.2) is 0 Å². The van der Waals surface area contributed by atoms with Gasteiger partial charge in [-0.15, -0.1) is 0 Å². The molecule has 2 heterocycles. The molecule has 0 bridgehead atoms. The molecule has 2 rings (SSSR count). The topological polar surface area (TPSA) is 75.4 Å². The molecule has 0 aliphatic carbocycles. The summed E-state index contributed by atoms with van der Waals surface area (Å²) in [5.74, 6) is -1.59. The molecule has 104 valence electrons. The molecule has 1 fully saturated rings. The Hall–Kier alpha value is -1.85. The average molecular weight is 265 g/mol. The molecular weight excluding hydrogens is 246 g/mol. The monoisotopic (exact) mass is 265 g/mol. The number of rotatable bonds is 5. The molecular formula is C13H19N3O3. The smallest absolute Gasteiger partial charge is 0.308 e. The summed E-state index contributed by atoms with van der Waals surface area (Å²) in [5.41, 5.74) is 0.805. The van der Waals surface area contributed by atoms with Crippen molar-refractivity contribution in [3.8, 4) is 0 Å². The summed E-state index contributed by atoms with van der Waals surface area (Å²) in [6, 6.07) is 2.21. The van der Waals surface area contributed by atoms with E-state index in [1.54, 1.807) is 4.90 Å². The highest BCUT2D eigenvalue weighted by molar-refractivity contribution is 5.85. The van der Waals surface area contributed by atoms with Crippen molar-refractivity contribution < 1.29 is 14.7 Å². The van der Waals surface area contributed by atoms with Crippen molar-refractivity contribution in [2.24, 2.45) is 5.92 Å². The first-order valence-electron chi connectivity index (χ1n) is 6.55. The lowest BCUT2D eigenvalue weighted by Gasteiger charge is -2.14. The van der Waals surface area contributed by atoms with E-state index in [0.29, 0.717) is 12.6 Å². The van der Waals surface area contributed by atoms with E-state index in [1.165, 1.54) is 0 Å². The molecule has 1 amide bonds. The average Bonchev–Trinajstić information content (AvgIpc) is 2.97. The predicted octanol–water partition coefficient (Wildman–Crippen LogP) is 1.29. The van der Waals surface area contributed by atoms with Crippen LogP contribution in [-0.2, 0) is 16.1 Å². The van der Waals surface area contributed by atoms with Gasteiger partial charge in [0.25, 0.3) is 0 Å². The molecule has 1 aromatic rings. The Labute approximate surface area is 112 Å². The van der Waals surface area contributed by atoms with E-state index >= 15 is 0 Å². The number of aliphatic carboxylic acids is 1.